The summed E-state index contributed by atoms with van der Waals surface area (Å²) in [6.45, 7) is 0.534. The van der Waals surface area contributed by atoms with Crippen LogP contribution >= 0.6 is 0 Å². The summed E-state index contributed by atoms with van der Waals surface area (Å²) in [5.74, 6) is 0.762. The lowest BCUT2D eigenvalue weighted by molar-refractivity contribution is 0.0999. The van der Waals surface area contributed by atoms with E-state index in [1.807, 2.05) is 0 Å². The molecule has 1 fully saturated rings. The largest absolute Gasteiger partial charge is 0.383 e. The van der Waals surface area contributed by atoms with Crippen molar-refractivity contribution in [1.82, 2.24) is 9.78 Å². The average Bonchev–Trinajstić information content (AvgIpc) is 3.37. The second kappa shape index (κ2) is 6.76. The number of nitrogens with two attached hydrogens (primary N) is 3. The summed E-state index contributed by atoms with van der Waals surface area (Å²) < 4.78 is 1.70. The standard InChI is InChI=1S/C20H27N5O/c21-16(9-12-5-6-12)11-25-19(22)17(20(23)26)18(24-25)15-8-7-13-3-1-2-4-14(13)10-15/h1-4,12,15-16H,5-11,21-22H2,(H2,23,26)/t15?,16-/m1/s1. The number of rotatable bonds is 6. The molecule has 4 rings (SSSR count). The lowest BCUT2D eigenvalue weighted by Gasteiger charge is -2.23. The van der Waals surface area contributed by atoms with E-state index in [9.17, 15) is 4.79 Å². The molecule has 2 aliphatic rings. The third kappa shape index (κ3) is 3.33. The number of anilines is 1. The fraction of sp³-hybridized carbons (Fsp3) is 0.500. The molecular weight excluding hydrogens is 326 g/mol. The number of aryl methyl sites for hydroxylation is 1. The van der Waals surface area contributed by atoms with Gasteiger partial charge in [-0.25, -0.2) is 4.68 Å². The van der Waals surface area contributed by atoms with Crippen LogP contribution in [0.25, 0.3) is 0 Å². The molecule has 1 aromatic carbocycles. The molecule has 0 aliphatic heterocycles. The quantitative estimate of drug-likeness (QED) is 0.736. The number of nitrogens with zero attached hydrogens (tertiary/aromatic N) is 2. The van der Waals surface area contributed by atoms with Crippen LogP contribution in [0.2, 0.25) is 0 Å². The maximum absolute atomic E-state index is 12.1. The molecule has 2 aromatic rings. The molecule has 0 bridgehead atoms. The summed E-state index contributed by atoms with van der Waals surface area (Å²) in [6, 6.07) is 8.45. The molecule has 0 saturated heterocycles. The molecular formula is C20H27N5O. The predicted molar refractivity (Wildman–Crippen MR) is 102 cm³/mol. The van der Waals surface area contributed by atoms with Gasteiger partial charge in [0.05, 0.1) is 12.2 Å². The van der Waals surface area contributed by atoms with Crippen molar-refractivity contribution in [2.75, 3.05) is 5.73 Å². The first kappa shape index (κ1) is 17.1. The van der Waals surface area contributed by atoms with Crippen LogP contribution in [0.3, 0.4) is 0 Å². The van der Waals surface area contributed by atoms with E-state index < -0.39 is 5.91 Å². The molecule has 26 heavy (non-hydrogen) atoms. The Balaban J connectivity index is 1.60. The molecule has 1 heterocycles. The molecule has 0 radical (unpaired) electrons. The van der Waals surface area contributed by atoms with Crippen molar-refractivity contribution in [2.24, 2.45) is 17.4 Å². The molecule has 0 spiro atoms. The number of aromatic nitrogens is 2. The molecule has 1 saturated carbocycles. The van der Waals surface area contributed by atoms with Crippen LogP contribution in [0.1, 0.15) is 58.8 Å². The van der Waals surface area contributed by atoms with Crippen molar-refractivity contribution in [1.29, 1.82) is 0 Å². The van der Waals surface area contributed by atoms with Gasteiger partial charge in [0.1, 0.15) is 11.4 Å². The molecule has 6 N–H and O–H groups in total. The van der Waals surface area contributed by atoms with Crippen molar-refractivity contribution in [3.8, 4) is 0 Å². The summed E-state index contributed by atoms with van der Waals surface area (Å²) in [5, 5.41) is 4.71. The Bertz CT molecular complexity index is 824. The molecule has 6 heteroatoms. The highest BCUT2D eigenvalue weighted by molar-refractivity contribution is 5.98. The van der Waals surface area contributed by atoms with E-state index >= 15 is 0 Å². The first-order chi connectivity index (χ1) is 12.5. The van der Waals surface area contributed by atoms with Crippen molar-refractivity contribution < 1.29 is 4.79 Å². The van der Waals surface area contributed by atoms with Crippen LogP contribution in [0.5, 0.6) is 0 Å². The Morgan fingerprint density at radius 1 is 1.23 bits per heavy atom. The molecule has 1 aromatic heterocycles. The fourth-order valence-corrected chi connectivity index (χ4v) is 4.18. The minimum atomic E-state index is -0.502. The topological polar surface area (TPSA) is 113 Å². The normalized spacial score (nSPS) is 20.6. The highest BCUT2D eigenvalue weighted by atomic mass is 16.1. The summed E-state index contributed by atoms with van der Waals surface area (Å²) in [5.41, 5.74) is 22.0. The molecule has 6 nitrogen and oxygen atoms in total. The number of hydrogen-bond acceptors (Lipinski definition) is 4. The zero-order valence-electron chi connectivity index (χ0n) is 15.0. The SMILES string of the molecule is NC(=O)c1c(C2CCc3ccccc3C2)nn(C[C@H](N)CC2CC2)c1N. The van der Waals surface area contributed by atoms with E-state index in [0.717, 1.165) is 37.3 Å². The maximum Gasteiger partial charge on any atom is 0.254 e. The number of primary amides is 1. The van der Waals surface area contributed by atoms with E-state index in [0.29, 0.717) is 17.9 Å². The summed E-state index contributed by atoms with van der Waals surface area (Å²) in [7, 11) is 0. The van der Waals surface area contributed by atoms with Gasteiger partial charge in [-0.05, 0) is 42.7 Å². The van der Waals surface area contributed by atoms with Gasteiger partial charge in [-0.2, -0.15) is 5.10 Å². The van der Waals surface area contributed by atoms with Crippen LogP contribution in [-0.4, -0.2) is 21.7 Å². The van der Waals surface area contributed by atoms with E-state index in [1.54, 1.807) is 4.68 Å². The maximum atomic E-state index is 12.1. The van der Waals surface area contributed by atoms with Crippen LogP contribution in [0.4, 0.5) is 5.82 Å². The highest BCUT2D eigenvalue weighted by Crippen LogP contribution is 2.36. The Morgan fingerprint density at radius 3 is 2.65 bits per heavy atom. The highest BCUT2D eigenvalue weighted by Gasteiger charge is 2.30. The van der Waals surface area contributed by atoms with Gasteiger partial charge < -0.3 is 17.2 Å². The Kier molecular flexibility index (Phi) is 4.44. The number of amides is 1. The molecule has 1 amide bonds. The predicted octanol–water partition coefficient (Wildman–Crippen LogP) is 1.96. The average molecular weight is 353 g/mol. The number of fused-ring (bicyclic) bond motifs is 1. The zero-order valence-corrected chi connectivity index (χ0v) is 15.0. The van der Waals surface area contributed by atoms with Gasteiger partial charge >= 0.3 is 0 Å². The van der Waals surface area contributed by atoms with E-state index in [-0.39, 0.29) is 12.0 Å². The van der Waals surface area contributed by atoms with Gasteiger partial charge in [-0.1, -0.05) is 37.1 Å². The Labute approximate surface area is 153 Å². The molecule has 1 unspecified atom stereocenters. The second-order valence-corrected chi connectivity index (χ2v) is 7.84. The van der Waals surface area contributed by atoms with Crippen LogP contribution < -0.4 is 17.2 Å². The van der Waals surface area contributed by atoms with Crippen LogP contribution in [0.15, 0.2) is 24.3 Å². The molecule has 2 aliphatic carbocycles. The Morgan fingerprint density at radius 2 is 1.96 bits per heavy atom. The van der Waals surface area contributed by atoms with Gasteiger partial charge in [0.2, 0.25) is 0 Å². The fourth-order valence-electron chi connectivity index (χ4n) is 4.18. The first-order valence-corrected chi connectivity index (χ1v) is 9.51. The number of carbonyl (C=O) groups excluding carboxylic acids is 1. The number of hydrogen-bond donors (Lipinski definition) is 3. The van der Waals surface area contributed by atoms with E-state index in [1.165, 1.54) is 24.0 Å². The van der Waals surface area contributed by atoms with Crippen LogP contribution in [-0.2, 0) is 19.4 Å². The van der Waals surface area contributed by atoms with Crippen molar-refractivity contribution in [3.05, 3.63) is 46.6 Å². The molecule has 138 valence electrons. The summed E-state index contributed by atoms with van der Waals surface area (Å²) in [4.78, 5) is 12.1. The number of nitrogen functional groups attached to an aromatic ring is 1. The van der Waals surface area contributed by atoms with Crippen LogP contribution in [0, 0.1) is 5.92 Å². The minimum absolute atomic E-state index is 0.00496. The minimum Gasteiger partial charge on any atom is -0.383 e. The smallest absolute Gasteiger partial charge is 0.254 e. The third-order valence-corrected chi connectivity index (χ3v) is 5.74. The lowest BCUT2D eigenvalue weighted by Crippen LogP contribution is -2.28. The monoisotopic (exact) mass is 353 g/mol. The molecule has 2 atom stereocenters. The Hall–Kier alpha value is -2.34. The van der Waals surface area contributed by atoms with E-state index in [4.69, 9.17) is 22.3 Å². The van der Waals surface area contributed by atoms with Crippen molar-refractivity contribution in [3.63, 3.8) is 0 Å². The number of benzene rings is 1. The third-order valence-electron chi connectivity index (χ3n) is 5.74. The van der Waals surface area contributed by atoms with Gasteiger partial charge in [0.15, 0.2) is 0 Å². The zero-order chi connectivity index (χ0) is 18.3. The van der Waals surface area contributed by atoms with Crippen molar-refractivity contribution >= 4 is 11.7 Å². The van der Waals surface area contributed by atoms with Gasteiger partial charge in [-0.3, -0.25) is 4.79 Å². The lowest BCUT2D eigenvalue weighted by atomic mass is 9.81. The summed E-state index contributed by atoms with van der Waals surface area (Å²) in [6.07, 6.45) is 6.30. The van der Waals surface area contributed by atoms with Gasteiger partial charge in [-0.15, -0.1) is 0 Å². The summed E-state index contributed by atoms with van der Waals surface area (Å²) >= 11 is 0. The van der Waals surface area contributed by atoms with Gasteiger partial charge in [0.25, 0.3) is 5.91 Å². The second-order valence-electron chi connectivity index (χ2n) is 7.84. The van der Waals surface area contributed by atoms with Crippen molar-refractivity contribution in [2.45, 2.75) is 57.0 Å². The number of carbonyl (C=O) groups is 1. The van der Waals surface area contributed by atoms with E-state index in [2.05, 4.69) is 24.3 Å². The first-order valence-electron chi connectivity index (χ1n) is 9.51. The van der Waals surface area contributed by atoms with Gasteiger partial charge in [0, 0.05) is 12.0 Å².